The van der Waals surface area contributed by atoms with Gasteiger partial charge in [-0.05, 0) is 6.07 Å². The molecule has 1 aromatic rings. The van der Waals surface area contributed by atoms with E-state index in [9.17, 15) is 0 Å². The second kappa shape index (κ2) is 1.01. The second-order valence-electron chi connectivity index (χ2n) is 0.865. The van der Waals surface area contributed by atoms with Crippen molar-refractivity contribution in [2.45, 2.75) is 0 Å². The maximum atomic E-state index is 8.25. The minimum atomic E-state index is 0.694. The predicted molar refractivity (Wildman–Crippen MR) is 18.2 cm³/mol. The van der Waals surface area contributed by atoms with Crippen LogP contribution in [0, 0.1) is 6.20 Å². The van der Waals surface area contributed by atoms with Crippen LogP contribution < -0.4 is 0 Å². The van der Waals surface area contributed by atoms with E-state index in [0.717, 1.165) is 0 Å². The van der Waals surface area contributed by atoms with Gasteiger partial charge in [-0.3, -0.25) is 0 Å². The van der Waals surface area contributed by atoms with E-state index in [4.69, 9.17) is 5.21 Å². The van der Waals surface area contributed by atoms with Gasteiger partial charge in [-0.1, -0.05) is 0 Å². The molecule has 0 atom stereocenters. The Kier molecular flexibility index (Phi) is 0.538. The molecule has 0 aromatic carbocycles. The summed E-state index contributed by atoms with van der Waals surface area (Å²) in [5, 5.41) is 11.5. The highest BCUT2D eigenvalue weighted by atomic mass is 16.5. The third kappa shape index (κ3) is 0.337. The van der Waals surface area contributed by atoms with Crippen molar-refractivity contribution in [1.29, 1.82) is 0 Å². The van der Waals surface area contributed by atoms with Crippen molar-refractivity contribution < 1.29 is 5.21 Å². The zero-order valence-corrected chi connectivity index (χ0v) is 3.00. The minimum Gasteiger partial charge on any atom is -0.412 e. The Balaban J connectivity index is 3.05. The van der Waals surface area contributed by atoms with Crippen molar-refractivity contribution in [3.63, 3.8) is 0 Å². The van der Waals surface area contributed by atoms with Crippen LogP contribution in [-0.2, 0) is 0 Å². The molecule has 1 heterocycles. The van der Waals surface area contributed by atoms with Crippen LogP contribution in [0.4, 0.5) is 0 Å². The van der Waals surface area contributed by atoms with Crippen molar-refractivity contribution >= 4 is 0 Å². The number of hydrogen-bond donors (Lipinski definition) is 1. The summed E-state index contributed by atoms with van der Waals surface area (Å²) < 4.78 is 0. The highest BCUT2D eigenvalue weighted by Gasteiger charge is 1.73. The lowest BCUT2D eigenvalue weighted by Crippen LogP contribution is -1.86. The number of hydrogen-bond acceptors (Lipinski definition) is 2. The van der Waals surface area contributed by atoms with Crippen LogP contribution in [0.3, 0.4) is 0 Å². The smallest absolute Gasteiger partial charge is 0.116 e. The van der Waals surface area contributed by atoms with E-state index in [2.05, 4.69) is 11.3 Å². The van der Waals surface area contributed by atoms with Crippen LogP contribution in [0.5, 0.6) is 0 Å². The Morgan fingerprint density at radius 1 is 1.83 bits per heavy atom. The molecule has 0 saturated carbocycles. The average Bonchev–Trinajstić information content (AvgIpc) is 1.86. The first-order chi connectivity index (χ1) is 2.89. The van der Waals surface area contributed by atoms with Crippen LogP contribution in [-0.4, -0.2) is 15.2 Å². The van der Waals surface area contributed by atoms with Crippen LogP contribution in [0.2, 0.25) is 0 Å². The molecular formula is C3H3N2O. The van der Waals surface area contributed by atoms with Gasteiger partial charge in [0.15, 0.2) is 0 Å². The molecule has 1 N–H and O–H groups in total. The zero-order chi connectivity index (χ0) is 4.41. The summed E-state index contributed by atoms with van der Waals surface area (Å²) in [5.41, 5.74) is 0. The Morgan fingerprint density at radius 3 is 2.83 bits per heavy atom. The summed E-state index contributed by atoms with van der Waals surface area (Å²) in [6.07, 6.45) is 3.78. The minimum absolute atomic E-state index is 0.694. The van der Waals surface area contributed by atoms with Gasteiger partial charge in [0, 0.05) is 0 Å². The van der Waals surface area contributed by atoms with Gasteiger partial charge in [0.25, 0.3) is 0 Å². The molecule has 1 rings (SSSR count). The lowest BCUT2D eigenvalue weighted by molar-refractivity contribution is 0.148. The molecular weight excluding hydrogens is 80.0 g/mol. The average molecular weight is 83.1 g/mol. The zero-order valence-electron chi connectivity index (χ0n) is 3.00. The van der Waals surface area contributed by atoms with Gasteiger partial charge < -0.3 is 5.21 Å². The molecule has 31 valence electrons. The quantitative estimate of drug-likeness (QED) is 0.445. The molecule has 0 amide bonds. The molecule has 0 aliphatic heterocycles. The van der Waals surface area contributed by atoms with E-state index >= 15 is 0 Å². The van der Waals surface area contributed by atoms with Crippen molar-refractivity contribution in [3.8, 4) is 0 Å². The molecule has 3 heteroatoms. The first-order valence-corrected chi connectivity index (χ1v) is 1.50. The number of rotatable bonds is 0. The van der Waals surface area contributed by atoms with E-state index in [1.165, 1.54) is 12.3 Å². The number of aromatic nitrogens is 2. The SMILES string of the molecule is On1cc[c]n1. The fraction of sp³-hybridized carbons (Fsp3) is 0. The molecule has 0 saturated heterocycles. The van der Waals surface area contributed by atoms with Crippen LogP contribution >= 0.6 is 0 Å². The van der Waals surface area contributed by atoms with E-state index < -0.39 is 0 Å². The molecule has 0 bridgehead atoms. The Hall–Kier alpha value is -0.990. The van der Waals surface area contributed by atoms with Gasteiger partial charge in [-0.15, -0.1) is 9.94 Å². The van der Waals surface area contributed by atoms with Gasteiger partial charge >= 0.3 is 0 Å². The van der Waals surface area contributed by atoms with E-state index in [1.807, 2.05) is 0 Å². The largest absolute Gasteiger partial charge is 0.412 e. The molecule has 0 aliphatic rings. The van der Waals surface area contributed by atoms with Gasteiger partial charge in [-0.25, -0.2) is 0 Å². The summed E-state index contributed by atoms with van der Waals surface area (Å²) in [6.45, 7) is 0. The molecule has 1 aromatic heterocycles. The Bertz CT molecular complexity index is 112. The molecule has 0 aliphatic carbocycles. The summed E-state index contributed by atoms with van der Waals surface area (Å²) in [5.74, 6) is 0. The monoisotopic (exact) mass is 83.0 g/mol. The fourth-order valence-electron chi connectivity index (χ4n) is 0.226. The van der Waals surface area contributed by atoms with Gasteiger partial charge in [0.2, 0.25) is 0 Å². The van der Waals surface area contributed by atoms with Crippen LogP contribution in [0.15, 0.2) is 12.3 Å². The first-order valence-electron chi connectivity index (χ1n) is 1.50. The highest BCUT2D eigenvalue weighted by Crippen LogP contribution is 1.71. The third-order valence-electron chi connectivity index (χ3n) is 0.443. The first kappa shape index (κ1) is 3.21. The Morgan fingerprint density at radius 2 is 2.67 bits per heavy atom. The molecule has 1 radical (unpaired) electrons. The Labute approximate surface area is 34.8 Å². The summed E-state index contributed by atoms with van der Waals surface area (Å²) in [6, 6.07) is 1.51. The van der Waals surface area contributed by atoms with Gasteiger partial charge in [-0.2, -0.15) is 0 Å². The van der Waals surface area contributed by atoms with Crippen molar-refractivity contribution in [3.05, 3.63) is 18.5 Å². The maximum Gasteiger partial charge on any atom is 0.116 e. The topological polar surface area (TPSA) is 38.0 Å². The molecule has 3 nitrogen and oxygen atoms in total. The van der Waals surface area contributed by atoms with Crippen molar-refractivity contribution in [2.24, 2.45) is 0 Å². The molecule has 6 heavy (non-hydrogen) atoms. The second-order valence-corrected chi connectivity index (χ2v) is 0.865. The van der Waals surface area contributed by atoms with Gasteiger partial charge in [0.05, 0.1) is 6.20 Å². The molecule has 0 unspecified atom stereocenters. The highest BCUT2D eigenvalue weighted by molar-refractivity contribution is 4.71. The fourth-order valence-corrected chi connectivity index (χ4v) is 0.226. The van der Waals surface area contributed by atoms with E-state index in [1.54, 1.807) is 0 Å². The van der Waals surface area contributed by atoms with Crippen molar-refractivity contribution in [1.82, 2.24) is 9.94 Å². The standard InChI is InChI=1S/C3H3N2O/c6-5-3-1-2-4-5/h1,3,6H. The predicted octanol–water partition coefficient (Wildman–Crippen LogP) is -0.0794. The summed E-state index contributed by atoms with van der Waals surface area (Å²) in [4.78, 5) is 0.694. The molecule has 0 spiro atoms. The van der Waals surface area contributed by atoms with Crippen LogP contribution in [0.25, 0.3) is 0 Å². The van der Waals surface area contributed by atoms with E-state index in [-0.39, 0.29) is 0 Å². The lowest BCUT2D eigenvalue weighted by Gasteiger charge is -1.76. The van der Waals surface area contributed by atoms with Gasteiger partial charge in [0.1, 0.15) is 6.20 Å². The normalized spacial score (nSPS) is 8.67. The summed E-state index contributed by atoms with van der Waals surface area (Å²) >= 11 is 0. The van der Waals surface area contributed by atoms with Crippen LogP contribution in [0.1, 0.15) is 0 Å². The lowest BCUT2D eigenvalue weighted by atomic mass is 10.8. The third-order valence-corrected chi connectivity index (χ3v) is 0.443. The maximum absolute atomic E-state index is 8.25. The van der Waals surface area contributed by atoms with E-state index in [0.29, 0.717) is 4.85 Å². The van der Waals surface area contributed by atoms with Crippen molar-refractivity contribution in [2.75, 3.05) is 0 Å². The molecule has 0 fully saturated rings. The summed E-state index contributed by atoms with van der Waals surface area (Å²) in [7, 11) is 0. The number of nitrogens with zero attached hydrogens (tertiary/aromatic N) is 2.